The maximum Gasteiger partial charge on any atom is 0.293 e. The Morgan fingerprint density at radius 3 is 2.38 bits per heavy atom. The Morgan fingerprint density at radius 1 is 0.973 bits per heavy atom. The van der Waals surface area contributed by atoms with Crippen molar-refractivity contribution in [2.24, 2.45) is 0 Å². The summed E-state index contributed by atoms with van der Waals surface area (Å²) >= 11 is 19.1. The molecule has 37 heavy (non-hydrogen) atoms. The van der Waals surface area contributed by atoms with Gasteiger partial charge in [0, 0.05) is 26.2 Å². The Labute approximate surface area is 234 Å². The third kappa shape index (κ3) is 6.51. The van der Waals surface area contributed by atoms with E-state index in [1.807, 2.05) is 6.07 Å². The number of halogens is 3. The first kappa shape index (κ1) is 27.1. The monoisotopic (exact) mass is 573 g/mol. The zero-order chi connectivity index (χ0) is 26.5. The molecule has 0 radical (unpaired) electrons. The van der Waals surface area contributed by atoms with Crippen LogP contribution < -0.4 is 9.47 Å². The summed E-state index contributed by atoms with van der Waals surface area (Å²) in [6, 6.07) is 15.9. The molecule has 5 nitrogen and oxygen atoms in total. The van der Waals surface area contributed by atoms with Gasteiger partial charge in [-0.25, -0.2) is 0 Å². The van der Waals surface area contributed by atoms with E-state index in [1.54, 1.807) is 67.8 Å². The van der Waals surface area contributed by atoms with Crippen molar-refractivity contribution in [1.29, 1.82) is 0 Å². The predicted molar refractivity (Wildman–Crippen MR) is 151 cm³/mol. The average Bonchev–Trinajstić information content (AvgIpc) is 3.12. The lowest BCUT2D eigenvalue weighted by Gasteiger charge is -2.16. The SMILES string of the molecule is C=CCc1cc(/C=C2/SC(=O)N(Cc3ccc(Cl)cc3)C2=O)cc(OC)c1OCc1ccc(Cl)cc1Cl. The van der Waals surface area contributed by atoms with Gasteiger partial charge < -0.3 is 9.47 Å². The van der Waals surface area contributed by atoms with Crippen molar-refractivity contribution in [2.75, 3.05) is 7.11 Å². The highest BCUT2D eigenvalue weighted by Gasteiger charge is 2.35. The molecule has 0 N–H and O–H groups in total. The molecule has 3 aromatic carbocycles. The van der Waals surface area contributed by atoms with E-state index in [0.29, 0.717) is 43.5 Å². The van der Waals surface area contributed by atoms with Crippen LogP contribution in [0.15, 0.2) is 72.2 Å². The molecule has 0 spiro atoms. The van der Waals surface area contributed by atoms with Crippen molar-refractivity contribution in [3.63, 3.8) is 0 Å². The van der Waals surface area contributed by atoms with Gasteiger partial charge in [-0.1, -0.05) is 59.1 Å². The molecule has 1 fully saturated rings. The van der Waals surface area contributed by atoms with Gasteiger partial charge in [0.2, 0.25) is 0 Å². The van der Waals surface area contributed by atoms with E-state index in [1.165, 1.54) is 4.90 Å². The second kappa shape index (κ2) is 12.1. The summed E-state index contributed by atoms with van der Waals surface area (Å²) in [5, 5.41) is 1.30. The van der Waals surface area contributed by atoms with Crippen molar-refractivity contribution in [2.45, 2.75) is 19.6 Å². The zero-order valence-corrected chi connectivity index (χ0v) is 22.9. The molecular formula is C28H22Cl3NO4S. The molecule has 1 aliphatic heterocycles. The molecule has 0 atom stereocenters. The quantitative estimate of drug-likeness (QED) is 0.190. The fourth-order valence-electron chi connectivity index (χ4n) is 3.74. The molecule has 1 heterocycles. The minimum Gasteiger partial charge on any atom is -0.493 e. The van der Waals surface area contributed by atoms with Crippen molar-refractivity contribution in [3.05, 3.63) is 109 Å². The second-order valence-electron chi connectivity index (χ2n) is 8.12. The number of carbonyl (C=O) groups is 2. The van der Waals surface area contributed by atoms with Crippen LogP contribution in [0.5, 0.6) is 11.5 Å². The average molecular weight is 575 g/mol. The molecule has 190 valence electrons. The number of hydrogen-bond donors (Lipinski definition) is 0. The summed E-state index contributed by atoms with van der Waals surface area (Å²) in [6.45, 7) is 4.22. The molecule has 1 saturated heterocycles. The van der Waals surface area contributed by atoms with Gasteiger partial charge in [0.05, 0.1) is 18.6 Å². The Morgan fingerprint density at radius 2 is 1.70 bits per heavy atom. The molecule has 0 saturated carbocycles. The van der Waals surface area contributed by atoms with Crippen LogP contribution in [-0.4, -0.2) is 23.2 Å². The van der Waals surface area contributed by atoms with Crippen LogP contribution in [0.4, 0.5) is 4.79 Å². The van der Waals surface area contributed by atoms with Gasteiger partial charge in [0.25, 0.3) is 11.1 Å². The number of methoxy groups -OCH3 is 1. The first-order valence-corrected chi connectivity index (χ1v) is 13.1. The smallest absolute Gasteiger partial charge is 0.293 e. The summed E-state index contributed by atoms with van der Waals surface area (Å²) in [4.78, 5) is 27.2. The van der Waals surface area contributed by atoms with Gasteiger partial charge >= 0.3 is 0 Å². The number of imide groups is 1. The Hall–Kier alpha value is -2.90. The number of nitrogens with zero attached hydrogens (tertiary/aromatic N) is 1. The maximum absolute atomic E-state index is 13.0. The molecule has 0 unspecified atom stereocenters. The number of hydrogen-bond acceptors (Lipinski definition) is 5. The van der Waals surface area contributed by atoms with E-state index in [-0.39, 0.29) is 24.3 Å². The summed E-state index contributed by atoms with van der Waals surface area (Å²) in [6.07, 6.45) is 3.93. The molecule has 2 amide bonds. The molecule has 0 aromatic heterocycles. The standard InChI is InChI=1S/C28H22Cl3NO4S/c1-3-4-19-11-18(12-24(35-2)26(19)36-16-20-7-10-22(30)14-23(20)31)13-25-27(33)32(28(34)37-25)15-17-5-8-21(29)9-6-17/h3,5-14H,1,4,15-16H2,2H3/b25-13+. The van der Waals surface area contributed by atoms with Crippen LogP contribution in [0.1, 0.15) is 22.3 Å². The normalized spacial score (nSPS) is 14.4. The topological polar surface area (TPSA) is 55.8 Å². The molecule has 1 aliphatic rings. The summed E-state index contributed by atoms with van der Waals surface area (Å²) in [5.74, 6) is 0.671. The largest absolute Gasteiger partial charge is 0.493 e. The van der Waals surface area contributed by atoms with Gasteiger partial charge in [-0.15, -0.1) is 6.58 Å². The summed E-state index contributed by atoms with van der Waals surface area (Å²) < 4.78 is 11.7. The summed E-state index contributed by atoms with van der Waals surface area (Å²) in [5.41, 5.74) is 3.09. The molecular weight excluding hydrogens is 553 g/mol. The van der Waals surface area contributed by atoms with Gasteiger partial charge in [0.15, 0.2) is 11.5 Å². The minimum atomic E-state index is -0.355. The minimum absolute atomic E-state index is 0.171. The predicted octanol–water partition coefficient (Wildman–Crippen LogP) is 8.20. The van der Waals surface area contributed by atoms with Crippen LogP contribution in [-0.2, 0) is 24.4 Å². The second-order valence-corrected chi connectivity index (χ2v) is 10.4. The van der Waals surface area contributed by atoms with E-state index in [0.717, 1.165) is 28.5 Å². The number of benzene rings is 3. The molecule has 0 bridgehead atoms. The number of amides is 2. The van der Waals surface area contributed by atoms with Crippen molar-refractivity contribution in [3.8, 4) is 11.5 Å². The lowest BCUT2D eigenvalue weighted by molar-refractivity contribution is -0.123. The van der Waals surface area contributed by atoms with E-state index in [9.17, 15) is 9.59 Å². The highest BCUT2D eigenvalue weighted by atomic mass is 35.5. The fourth-order valence-corrected chi connectivity index (χ4v) is 5.17. The van der Waals surface area contributed by atoms with E-state index in [2.05, 4.69) is 6.58 Å². The van der Waals surface area contributed by atoms with Crippen LogP contribution >= 0.6 is 46.6 Å². The first-order valence-electron chi connectivity index (χ1n) is 11.2. The third-order valence-corrected chi connectivity index (χ3v) is 7.30. The number of thioether (sulfide) groups is 1. The lowest BCUT2D eigenvalue weighted by atomic mass is 10.0. The fraction of sp³-hybridized carbons (Fsp3) is 0.143. The number of rotatable bonds is 9. The Balaban J connectivity index is 1.59. The lowest BCUT2D eigenvalue weighted by Crippen LogP contribution is -2.27. The first-order chi connectivity index (χ1) is 17.8. The maximum atomic E-state index is 13.0. The Kier molecular flexibility index (Phi) is 8.87. The number of carbonyl (C=O) groups excluding carboxylic acids is 2. The van der Waals surface area contributed by atoms with Gasteiger partial charge in [-0.05, 0) is 71.8 Å². The third-order valence-electron chi connectivity index (χ3n) is 5.55. The van der Waals surface area contributed by atoms with Crippen LogP contribution in [0.2, 0.25) is 15.1 Å². The molecule has 4 rings (SSSR count). The van der Waals surface area contributed by atoms with E-state index in [4.69, 9.17) is 44.3 Å². The van der Waals surface area contributed by atoms with Crippen LogP contribution in [0.3, 0.4) is 0 Å². The van der Waals surface area contributed by atoms with E-state index >= 15 is 0 Å². The molecule has 0 aliphatic carbocycles. The van der Waals surface area contributed by atoms with Crippen LogP contribution in [0.25, 0.3) is 6.08 Å². The molecule has 9 heteroatoms. The highest BCUT2D eigenvalue weighted by molar-refractivity contribution is 8.18. The molecule has 3 aromatic rings. The van der Waals surface area contributed by atoms with Crippen molar-refractivity contribution < 1.29 is 19.1 Å². The van der Waals surface area contributed by atoms with Crippen molar-refractivity contribution >= 4 is 63.8 Å². The van der Waals surface area contributed by atoms with Crippen LogP contribution in [0, 0.1) is 0 Å². The van der Waals surface area contributed by atoms with Gasteiger partial charge in [-0.2, -0.15) is 0 Å². The number of ether oxygens (including phenoxy) is 2. The highest BCUT2D eigenvalue weighted by Crippen LogP contribution is 2.38. The zero-order valence-electron chi connectivity index (χ0n) is 19.8. The van der Waals surface area contributed by atoms with Gasteiger partial charge in [0.1, 0.15) is 6.61 Å². The Bertz CT molecular complexity index is 1390. The summed E-state index contributed by atoms with van der Waals surface area (Å²) in [7, 11) is 1.54. The number of allylic oxidation sites excluding steroid dienone is 1. The van der Waals surface area contributed by atoms with Crippen molar-refractivity contribution in [1.82, 2.24) is 4.90 Å². The van der Waals surface area contributed by atoms with Gasteiger partial charge in [-0.3, -0.25) is 14.5 Å². The van der Waals surface area contributed by atoms with E-state index < -0.39 is 0 Å².